The second-order valence-corrected chi connectivity index (χ2v) is 9.56. The number of unbranched alkanes of at least 4 members (excludes halogenated alkanes) is 11. The average molecular weight is 512 g/mol. The van der Waals surface area contributed by atoms with Gasteiger partial charge in [-0.2, -0.15) is 0 Å². The van der Waals surface area contributed by atoms with Gasteiger partial charge in [-0.05, 0) is 32.1 Å². The Labute approximate surface area is 191 Å². The molecule has 6 nitrogen and oxygen atoms in total. The summed E-state index contributed by atoms with van der Waals surface area (Å²) in [6, 6.07) is 0. The van der Waals surface area contributed by atoms with Gasteiger partial charge in [0.05, 0.1) is 13.2 Å². The van der Waals surface area contributed by atoms with Gasteiger partial charge < -0.3 is 18.7 Å². The summed E-state index contributed by atoms with van der Waals surface area (Å²) in [4.78, 5) is 22.9. The minimum absolute atomic E-state index is 0.00997. The molecule has 1 atom stereocenters. The van der Waals surface area contributed by atoms with E-state index in [0.717, 1.165) is 25.7 Å². The van der Waals surface area contributed by atoms with Crippen LogP contribution >= 0.6 is 23.8 Å². The molecule has 0 spiro atoms. The second-order valence-electron chi connectivity index (χ2n) is 7.36. The molecular weight excluding hydrogens is 471 g/mol. The van der Waals surface area contributed by atoms with Crippen molar-refractivity contribution in [1.82, 2.24) is 0 Å². The number of rotatable bonds is 22. The minimum Gasteiger partial charge on any atom is -0.756 e. The lowest BCUT2D eigenvalue weighted by Crippen LogP contribution is -2.14. The van der Waals surface area contributed by atoms with Gasteiger partial charge in [-0.15, -0.1) is 0 Å². The fraction of sp³-hybridized carbons (Fsp3) is 0.864. The number of alkyl halides is 1. The molecule has 0 rings (SSSR count). The second kappa shape index (κ2) is 22.0. The zero-order valence-electron chi connectivity index (χ0n) is 18.7. The molecule has 0 aromatic rings. The van der Waals surface area contributed by atoms with Crippen LogP contribution in [0.1, 0.15) is 96.8 Å². The Balaban J connectivity index is 3.37. The summed E-state index contributed by atoms with van der Waals surface area (Å²) < 4.78 is 25.4. The van der Waals surface area contributed by atoms with Gasteiger partial charge in [0.25, 0.3) is 7.82 Å². The normalized spacial score (nSPS) is 13.6. The summed E-state index contributed by atoms with van der Waals surface area (Å²) in [5.74, 6) is -0.321. The Bertz CT molecular complexity index is 473. The van der Waals surface area contributed by atoms with Crippen molar-refractivity contribution in [3.63, 3.8) is 0 Å². The van der Waals surface area contributed by atoms with Crippen LogP contribution < -0.4 is 4.89 Å². The van der Waals surface area contributed by atoms with Crippen molar-refractivity contribution in [3.8, 4) is 0 Å². The first-order valence-corrected chi connectivity index (χ1v) is 14.1. The van der Waals surface area contributed by atoms with E-state index in [2.05, 4.69) is 44.1 Å². The Morgan fingerprint density at radius 3 is 1.97 bits per heavy atom. The molecule has 0 saturated carbocycles. The number of halogens is 1. The maximum Gasteiger partial charge on any atom is 0.305 e. The summed E-state index contributed by atoms with van der Waals surface area (Å²) in [5.41, 5.74) is 0. The molecule has 0 aliphatic heterocycles. The lowest BCUT2D eigenvalue weighted by molar-refractivity contribution is -0.225. The number of ether oxygens (including phenoxy) is 1. The zero-order chi connectivity index (χ0) is 22.3. The summed E-state index contributed by atoms with van der Waals surface area (Å²) in [6.07, 6.45) is 20.7. The van der Waals surface area contributed by atoms with Gasteiger partial charge in [0.15, 0.2) is 0 Å². The average Bonchev–Trinajstić information content (AvgIpc) is 2.72. The third-order valence-corrected chi connectivity index (χ3v) is 5.89. The fourth-order valence-corrected chi connectivity index (χ4v) is 4.00. The number of carbonyl (C=O) groups is 1. The van der Waals surface area contributed by atoms with Gasteiger partial charge in [-0.1, -0.05) is 86.4 Å². The van der Waals surface area contributed by atoms with Crippen LogP contribution in [0, 0.1) is 0 Å². The van der Waals surface area contributed by atoms with Crippen molar-refractivity contribution in [2.75, 3.05) is 25.2 Å². The van der Waals surface area contributed by atoms with Gasteiger partial charge in [0, 0.05) is 11.8 Å². The first-order chi connectivity index (χ1) is 14.5. The van der Waals surface area contributed by atoms with E-state index in [9.17, 15) is 14.3 Å². The van der Waals surface area contributed by atoms with Crippen LogP contribution in [-0.4, -0.2) is 31.1 Å². The van der Waals surface area contributed by atoms with Crippen LogP contribution in [0.15, 0.2) is 12.2 Å². The van der Waals surface area contributed by atoms with Crippen molar-refractivity contribution in [3.05, 3.63) is 12.2 Å². The molecule has 0 aromatic heterocycles. The number of hydrogen-bond donors (Lipinski definition) is 0. The van der Waals surface area contributed by atoms with Crippen LogP contribution in [0.2, 0.25) is 0 Å². The van der Waals surface area contributed by atoms with Crippen LogP contribution in [-0.2, 0) is 23.1 Å². The van der Waals surface area contributed by atoms with Crippen molar-refractivity contribution in [2.45, 2.75) is 96.8 Å². The number of allylic oxidation sites excluding steroid dienone is 2. The molecule has 0 aromatic carbocycles. The first-order valence-electron chi connectivity index (χ1n) is 11.5. The summed E-state index contributed by atoms with van der Waals surface area (Å²) in [6.45, 7) is 1.95. The molecule has 0 radical (unpaired) electrons. The molecule has 1 unspecified atom stereocenters. The van der Waals surface area contributed by atoms with E-state index in [0.29, 0.717) is 11.8 Å². The number of phosphoric ester groups is 1. The highest BCUT2D eigenvalue weighted by Gasteiger charge is 2.09. The summed E-state index contributed by atoms with van der Waals surface area (Å²) >= 11 is 3.06. The third kappa shape index (κ3) is 22.5. The van der Waals surface area contributed by atoms with Crippen molar-refractivity contribution < 1.29 is 28.0 Å². The quantitative estimate of drug-likeness (QED) is 0.0544. The molecule has 30 heavy (non-hydrogen) atoms. The largest absolute Gasteiger partial charge is 0.756 e. The number of phosphoric acid groups is 1. The molecule has 0 aliphatic carbocycles. The maximum atomic E-state index is 11.6. The van der Waals surface area contributed by atoms with E-state index in [1.54, 1.807) is 0 Å². The molecule has 0 saturated heterocycles. The highest BCUT2D eigenvalue weighted by Crippen LogP contribution is 2.37. The van der Waals surface area contributed by atoms with Gasteiger partial charge >= 0.3 is 5.97 Å². The number of esters is 1. The van der Waals surface area contributed by atoms with E-state index in [-0.39, 0.29) is 25.8 Å². The standard InChI is InChI=1S/C22H42BrO6P/c1-2-3-4-5-6-7-8-9-10-11-12-13-14-15-16-17-22(24)27-20-21-29-30(25,26)28-19-18-23/h9-10H,2-8,11-21H2,1H3,(H,25,26)/p-1/b10-9-. The van der Waals surface area contributed by atoms with E-state index in [4.69, 9.17) is 4.74 Å². The predicted octanol–water partition coefficient (Wildman–Crippen LogP) is 6.46. The Morgan fingerprint density at radius 2 is 1.37 bits per heavy atom. The Kier molecular flexibility index (Phi) is 21.9. The monoisotopic (exact) mass is 511 g/mol. The maximum absolute atomic E-state index is 11.6. The van der Waals surface area contributed by atoms with Crippen LogP contribution in [0.5, 0.6) is 0 Å². The van der Waals surface area contributed by atoms with Gasteiger partial charge in [-0.3, -0.25) is 9.36 Å². The van der Waals surface area contributed by atoms with Crippen LogP contribution in [0.4, 0.5) is 0 Å². The van der Waals surface area contributed by atoms with Gasteiger partial charge in [0.1, 0.15) is 6.61 Å². The minimum atomic E-state index is -4.30. The third-order valence-electron chi connectivity index (χ3n) is 4.57. The predicted molar refractivity (Wildman–Crippen MR) is 124 cm³/mol. The van der Waals surface area contributed by atoms with Crippen molar-refractivity contribution in [2.24, 2.45) is 0 Å². The Hall–Kier alpha value is -0.200. The highest BCUT2D eigenvalue weighted by molar-refractivity contribution is 9.09. The van der Waals surface area contributed by atoms with Crippen molar-refractivity contribution in [1.29, 1.82) is 0 Å². The molecule has 0 aliphatic rings. The zero-order valence-corrected chi connectivity index (χ0v) is 21.1. The summed E-state index contributed by atoms with van der Waals surface area (Å²) in [5, 5.41) is 0.396. The lowest BCUT2D eigenvalue weighted by Gasteiger charge is -2.21. The molecule has 0 heterocycles. The van der Waals surface area contributed by atoms with Gasteiger partial charge in [0.2, 0.25) is 0 Å². The summed E-state index contributed by atoms with van der Waals surface area (Å²) in [7, 11) is -4.30. The molecule has 0 N–H and O–H groups in total. The number of carbonyl (C=O) groups excluding carboxylic acids is 1. The number of hydrogen-bond acceptors (Lipinski definition) is 6. The van der Waals surface area contributed by atoms with Gasteiger partial charge in [-0.25, -0.2) is 0 Å². The molecule has 8 heteroatoms. The fourth-order valence-electron chi connectivity index (χ4n) is 2.90. The topological polar surface area (TPSA) is 84.9 Å². The van der Waals surface area contributed by atoms with E-state index in [1.807, 2.05) is 0 Å². The molecule has 0 bridgehead atoms. The highest BCUT2D eigenvalue weighted by atomic mass is 79.9. The van der Waals surface area contributed by atoms with E-state index < -0.39 is 7.82 Å². The van der Waals surface area contributed by atoms with Crippen molar-refractivity contribution >= 4 is 29.7 Å². The smallest absolute Gasteiger partial charge is 0.305 e. The first kappa shape index (κ1) is 29.8. The molecule has 178 valence electrons. The van der Waals surface area contributed by atoms with E-state index >= 15 is 0 Å². The molecule has 0 fully saturated rings. The molecule has 0 amide bonds. The van der Waals surface area contributed by atoms with Crippen LogP contribution in [0.25, 0.3) is 0 Å². The SMILES string of the molecule is CCCCCCCC/C=C\CCCCCCCC(=O)OCCOP(=O)([O-])OCCBr. The van der Waals surface area contributed by atoms with E-state index in [1.165, 1.54) is 57.8 Å². The Morgan fingerprint density at radius 1 is 0.833 bits per heavy atom. The lowest BCUT2D eigenvalue weighted by atomic mass is 10.1. The molecular formula is C22H41BrO6P-. The van der Waals surface area contributed by atoms with Crippen LogP contribution in [0.3, 0.4) is 0 Å².